The van der Waals surface area contributed by atoms with E-state index in [2.05, 4.69) is 91.0 Å². The van der Waals surface area contributed by atoms with Gasteiger partial charge in [-0.15, -0.1) is 12.4 Å². The third-order valence-corrected chi connectivity index (χ3v) is 8.18. The van der Waals surface area contributed by atoms with Crippen molar-refractivity contribution in [3.8, 4) is 0 Å². The Balaban J connectivity index is 0.00000533. The van der Waals surface area contributed by atoms with Crippen LogP contribution in [0.25, 0.3) is 0 Å². The molecule has 0 saturated heterocycles. The average molecular weight is 548 g/mol. The van der Waals surface area contributed by atoms with Crippen LogP contribution in [0, 0.1) is 5.41 Å². The lowest BCUT2D eigenvalue weighted by Gasteiger charge is -2.35. The van der Waals surface area contributed by atoms with E-state index in [1.807, 2.05) is 0 Å². The Kier molecular flexibility index (Phi) is 17.6. The third kappa shape index (κ3) is 14.2. The van der Waals surface area contributed by atoms with Gasteiger partial charge in [-0.1, -0.05) is 168 Å². The second-order valence-electron chi connectivity index (χ2n) is 11.6. The van der Waals surface area contributed by atoms with E-state index < -0.39 is 0 Å². The van der Waals surface area contributed by atoms with E-state index in [-0.39, 0.29) is 17.8 Å². The normalized spacial score (nSPS) is 11.3. The zero-order valence-electron chi connectivity index (χ0n) is 24.4. The summed E-state index contributed by atoms with van der Waals surface area (Å²) in [6.07, 6.45) is 22.6. The number of nitrogens with two attached hydrogens (primary N) is 1. The van der Waals surface area contributed by atoms with Crippen LogP contribution in [-0.2, 0) is 19.3 Å². The molecule has 1 nitrogen and oxygen atoms in total. The van der Waals surface area contributed by atoms with E-state index in [1.165, 1.54) is 107 Å². The lowest BCUT2D eigenvalue weighted by molar-refractivity contribution is 0.243. The number of rotatable bonds is 21. The summed E-state index contributed by atoms with van der Waals surface area (Å²) >= 11 is 0. The van der Waals surface area contributed by atoms with Crippen molar-refractivity contribution in [2.24, 2.45) is 11.1 Å². The van der Waals surface area contributed by atoms with Gasteiger partial charge in [-0.25, -0.2) is 0 Å². The van der Waals surface area contributed by atoms with Gasteiger partial charge in [0.15, 0.2) is 0 Å². The number of hydrogen-bond donors (Lipinski definition) is 1. The van der Waals surface area contributed by atoms with Gasteiger partial charge in [0.25, 0.3) is 0 Å². The Morgan fingerprint density at radius 1 is 0.385 bits per heavy atom. The summed E-state index contributed by atoms with van der Waals surface area (Å²) in [5.41, 5.74) is 10.2. The highest BCUT2D eigenvalue weighted by Crippen LogP contribution is 2.37. The Morgan fingerprint density at radius 2 is 0.667 bits per heavy atom. The van der Waals surface area contributed by atoms with Crippen molar-refractivity contribution in [3.63, 3.8) is 0 Å². The van der Waals surface area contributed by atoms with Gasteiger partial charge in [-0.2, -0.15) is 0 Å². The molecule has 0 amide bonds. The van der Waals surface area contributed by atoms with E-state index in [0.717, 1.165) is 25.8 Å². The lowest BCUT2D eigenvalue weighted by Crippen LogP contribution is -2.30. The van der Waals surface area contributed by atoms with Crippen molar-refractivity contribution < 1.29 is 0 Å². The molecule has 2 N–H and O–H groups in total. The summed E-state index contributed by atoms with van der Waals surface area (Å²) in [7, 11) is 0. The van der Waals surface area contributed by atoms with Crippen LogP contribution in [0.5, 0.6) is 0 Å². The van der Waals surface area contributed by atoms with Gasteiger partial charge in [0.2, 0.25) is 0 Å². The molecule has 0 spiro atoms. The van der Waals surface area contributed by atoms with Crippen molar-refractivity contribution >= 4 is 12.4 Å². The molecule has 0 heterocycles. The van der Waals surface area contributed by atoms with Crippen molar-refractivity contribution in [1.82, 2.24) is 0 Å². The highest BCUT2D eigenvalue weighted by molar-refractivity contribution is 5.85. The smallest absolute Gasteiger partial charge is 0.00773 e. The molecule has 0 aliphatic carbocycles. The van der Waals surface area contributed by atoms with Crippen molar-refractivity contribution in [2.45, 2.75) is 109 Å². The molecule has 3 aromatic carbocycles. The first-order chi connectivity index (χ1) is 18.8. The zero-order chi connectivity index (χ0) is 26.6. The molecule has 214 valence electrons. The van der Waals surface area contributed by atoms with Crippen molar-refractivity contribution in [2.75, 3.05) is 6.54 Å². The second-order valence-corrected chi connectivity index (χ2v) is 11.6. The quantitative estimate of drug-likeness (QED) is 0.132. The van der Waals surface area contributed by atoms with Crippen LogP contribution in [-0.4, -0.2) is 6.54 Å². The molecule has 0 fully saturated rings. The first-order valence-corrected chi connectivity index (χ1v) is 15.6. The molecule has 0 atom stereocenters. The lowest BCUT2D eigenvalue weighted by atomic mass is 9.69. The zero-order valence-corrected chi connectivity index (χ0v) is 25.2. The molecule has 0 radical (unpaired) electrons. The van der Waals surface area contributed by atoms with E-state index >= 15 is 0 Å². The van der Waals surface area contributed by atoms with Crippen LogP contribution < -0.4 is 5.73 Å². The van der Waals surface area contributed by atoms with E-state index in [0.29, 0.717) is 0 Å². The second kappa shape index (κ2) is 20.8. The van der Waals surface area contributed by atoms with Gasteiger partial charge < -0.3 is 5.73 Å². The molecule has 0 unspecified atom stereocenters. The van der Waals surface area contributed by atoms with Crippen molar-refractivity contribution in [1.29, 1.82) is 0 Å². The first-order valence-electron chi connectivity index (χ1n) is 15.6. The topological polar surface area (TPSA) is 26.0 Å². The summed E-state index contributed by atoms with van der Waals surface area (Å²) in [5, 5.41) is 0. The Labute approximate surface area is 246 Å². The summed E-state index contributed by atoms with van der Waals surface area (Å²) in [6, 6.07) is 33.6. The molecule has 0 bridgehead atoms. The van der Waals surface area contributed by atoms with Crippen molar-refractivity contribution in [3.05, 3.63) is 108 Å². The number of benzene rings is 3. The molecule has 2 heteroatoms. The molecule has 0 aliphatic heterocycles. The maximum absolute atomic E-state index is 5.58. The van der Waals surface area contributed by atoms with Gasteiger partial charge in [-0.3, -0.25) is 0 Å². The minimum atomic E-state index is 0. The maximum atomic E-state index is 5.58. The maximum Gasteiger partial charge on any atom is -0.00773 e. The third-order valence-electron chi connectivity index (χ3n) is 8.18. The first kappa shape index (κ1) is 33.1. The molecule has 0 aromatic heterocycles. The summed E-state index contributed by atoms with van der Waals surface area (Å²) in [4.78, 5) is 0. The highest BCUT2D eigenvalue weighted by atomic mass is 35.5. The summed E-state index contributed by atoms with van der Waals surface area (Å²) in [6.45, 7) is 0.855. The van der Waals surface area contributed by atoms with E-state index in [4.69, 9.17) is 5.73 Å². The summed E-state index contributed by atoms with van der Waals surface area (Å²) in [5.74, 6) is 0. The largest absolute Gasteiger partial charge is 0.330 e. The van der Waals surface area contributed by atoms with Crippen LogP contribution in [0.3, 0.4) is 0 Å². The van der Waals surface area contributed by atoms with Gasteiger partial charge >= 0.3 is 0 Å². The molecule has 39 heavy (non-hydrogen) atoms. The Morgan fingerprint density at radius 3 is 0.974 bits per heavy atom. The fourth-order valence-electron chi connectivity index (χ4n) is 6.13. The molecule has 3 rings (SSSR count). The highest BCUT2D eigenvalue weighted by Gasteiger charge is 2.30. The number of halogens is 1. The van der Waals surface area contributed by atoms with Gasteiger partial charge in [0.1, 0.15) is 0 Å². The predicted octanol–water partition coefficient (Wildman–Crippen LogP) is 10.5. The Bertz CT molecular complexity index is 840. The van der Waals surface area contributed by atoms with Crippen LogP contribution in [0.15, 0.2) is 91.0 Å². The minimum absolute atomic E-state index is 0. The van der Waals surface area contributed by atoms with Gasteiger partial charge in [0.05, 0.1) is 0 Å². The molecule has 0 saturated carbocycles. The molecule has 3 aromatic rings. The number of hydrogen-bond acceptors (Lipinski definition) is 1. The van der Waals surface area contributed by atoms with Crippen LogP contribution in [0.4, 0.5) is 0 Å². The van der Waals surface area contributed by atoms with Crippen LogP contribution in [0.1, 0.15) is 107 Å². The van der Waals surface area contributed by atoms with Crippen LogP contribution >= 0.6 is 12.4 Å². The Hall–Kier alpha value is -2.09. The standard InChI is InChI=1S/C37H53N.ClH/c38-30-22-11-9-7-5-3-1-2-4-6-8-10-21-29-37(31-34-23-15-12-16-24-34,32-35-25-17-13-18-26-35)33-36-27-19-14-20-28-36;/h12-20,23-28H,1-11,21-22,29-33,38H2;1H. The van der Waals surface area contributed by atoms with Gasteiger partial charge in [-0.05, 0) is 60.8 Å². The SMILES string of the molecule is Cl.NCCCCCCCCCCCCCCCC(Cc1ccccc1)(Cc1ccccc1)Cc1ccccc1. The average Bonchev–Trinajstić information content (AvgIpc) is 2.95. The van der Waals surface area contributed by atoms with Crippen LogP contribution in [0.2, 0.25) is 0 Å². The number of unbranched alkanes of at least 4 members (excludes halogenated alkanes) is 12. The minimum Gasteiger partial charge on any atom is -0.330 e. The predicted molar refractivity (Wildman–Crippen MR) is 174 cm³/mol. The van der Waals surface area contributed by atoms with E-state index in [1.54, 1.807) is 0 Å². The van der Waals surface area contributed by atoms with E-state index in [9.17, 15) is 0 Å². The monoisotopic (exact) mass is 547 g/mol. The molecule has 0 aliphatic rings. The summed E-state index contributed by atoms with van der Waals surface area (Å²) < 4.78 is 0. The molecular weight excluding hydrogens is 494 g/mol. The molecular formula is C37H54ClN. The fraction of sp³-hybridized carbons (Fsp3) is 0.514. The van der Waals surface area contributed by atoms with Gasteiger partial charge in [0, 0.05) is 0 Å². The fourth-order valence-corrected chi connectivity index (χ4v) is 6.13.